The lowest BCUT2D eigenvalue weighted by molar-refractivity contribution is 0.429. The average molecular weight is 293 g/mol. The Morgan fingerprint density at radius 3 is 3.06 bits per heavy atom. The summed E-state index contributed by atoms with van der Waals surface area (Å²) in [4.78, 5) is 4.45. The fourth-order valence-electron chi connectivity index (χ4n) is 2.35. The van der Waals surface area contributed by atoms with Crippen LogP contribution in [0.1, 0.15) is 31.6 Å². The van der Waals surface area contributed by atoms with Crippen LogP contribution in [0.2, 0.25) is 0 Å². The van der Waals surface area contributed by atoms with Crippen molar-refractivity contribution in [2.24, 2.45) is 0 Å². The van der Waals surface area contributed by atoms with Gasteiger partial charge in [-0.15, -0.1) is 10.2 Å². The van der Waals surface area contributed by atoms with E-state index in [1.807, 2.05) is 18.2 Å². The maximum atomic E-state index is 4.45. The largest absolute Gasteiger partial charge is 0.307 e. The molecule has 1 atom stereocenters. The van der Waals surface area contributed by atoms with Crippen molar-refractivity contribution < 1.29 is 0 Å². The molecule has 1 aliphatic heterocycles. The molecule has 0 radical (unpaired) electrons. The molecule has 0 fully saturated rings. The molecular weight excluding hydrogens is 280 g/mol. The van der Waals surface area contributed by atoms with Gasteiger partial charge in [0, 0.05) is 12.5 Å². The van der Waals surface area contributed by atoms with Crippen molar-refractivity contribution in [3.05, 3.63) is 28.6 Å². The van der Waals surface area contributed by atoms with Crippen molar-refractivity contribution in [1.29, 1.82) is 0 Å². The van der Waals surface area contributed by atoms with E-state index < -0.39 is 0 Å². The van der Waals surface area contributed by atoms with Crippen LogP contribution >= 0.6 is 15.9 Å². The van der Waals surface area contributed by atoms with E-state index in [1.54, 1.807) is 0 Å². The normalized spacial score (nSPS) is 19.1. The van der Waals surface area contributed by atoms with Crippen LogP contribution in [0.5, 0.6) is 0 Å². The molecule has 0 spiro atoms. The highest BCUT2D eigenvalue weighted by Crippen LogP contribution is 2.29. The van der Waals surface area contributed by atoms with Crippen LogP contribution in [0.15, 0.2) is 22.8 Å². The Morgan fingerprint density at radius 1 is 1.35 bits per heavy atom. The van der Waals surface area contributed by atoms with Crippen LogP contribution in [0.3, 0.4) is 0 Å². The minimum atomic E-state index is 0.463. The monoisotopic (exact) mass is 292 g/mol. The molecule has 1 aliphatic rings. The predicted molar refractivity (Wildman–Crippen MR) is 68.6 cm³/mol. The fraction of sp³-hybridized carbons (Fsp3) is 0.417. The summed E-state index contributed by atoms with van der Waals surface area (Å²) in [7, 11) is 0. The average Bonchev–Trinajstić information content (AvgIpc) is 2.74. The molecule has 5 heteroatoms. The molecule has 2 aromatic heterocycles. The summed E-state index contributed by atoms with van der Waals surface area (Å²) in [5.41, 5.74) is 0.881. The molecule has 0 aliphatic carbocycles. The summed E-state index contributed by atoms with van der Waals surface area (Å²) < 4.78 is 3.05. The van der Waals surface area contributed by atoms with Gasteiger partial charge in [-0.1, -0.05) is 6.07 Å². The van der Waals surface area contributed by atoms with Crippen LogP contribution in [-0.2, 0) is 6.42 Å². The number of aromatic nitrogens is 4. The summed E-state index contributed by atoms with van der Waals surface area (Å²) in [6.07, 6.45) is 3.41. The van der Waals surface area contributed by atoms with Crippen molar-refractivity contribution in [3.63, 3.8) is 0 Å². The summed E-state index contributed by atoms with van der Waals surface area (Å²) in [5.74, 6) is 1.97. The first-order valence-corrected chi connectivity index (χ1v) is 6.61. The molecule has 88 valence electrons. The molecule has 1 unspecified atom stereocenters. The van der Waals surface area contributed by atoms with Crippen LogP contribution in [-0.4, -0.2) is 19.7 Å². The van der Waals surface area contributed by atoms with Gasteiger partial charge in [0.1, 0.15) is 16.1 Å². The second kappa shape index (κ2) is 4.22. The predicted octanol–water partition coefficient (Wildman–Crippen LogP) is 3.00. The lowest BCUT2D eigenvalue weighted by atomic mass is 10.1. The van der Waals surface area contributed by atoms with Gasteiger partial charge < -0.3 is 4.57 Å². The van der Waals surface area contributed by atoms with Crippen LogP contribution < -0.4 is 0 Å². The summed E-state index contributed by atoms with van der Waals surface area (Å²) in [6, 6.07) is 6.33. The first-order chi connectivity index (χ1) is 8.25. The van der Waals surface area contributed by atoms with E-state index in [1.165, 1.54) is 12.8 Å². The zero-order chi connectivity index (χ0) is 11.8. The number of nitrogens with zero attached hydrogens (tertiary/aromatic N) is 4. The number of hydrogen-bond donors (Lipinski definition) is 0. The van der Waals surface area contributed by atoms with Crippen LogP contribution in [0, 0.1) is 0 Å². The Labute approximate surface area is 108 Å². The number of fused-ring (bicyclic) bond motifs is 1. The highest BCUT2D eigenvalue weighted by molar-refractivity contribution is 9.10. The first-order valence-electron chi connectivity index (χ1n) is 5.82. The zero-order valence-corrected chi connectivity index (χ0v) is 11.2. The van der Waals surface area contributed by atoms with Crippen molar-refractivity contribution in [2.75, 3.05) is 0 Å². The van der Waals surface area contributed by atoms with E-state index in [0.717, 1.165) is 28.4 Å². The van der Waals surface area contributed by atoms with Gasteiger partial charge >= 0.3 is 0 Å². The number of rotatable bonds is 1. The van der Waals surface area contributed by atoms with E-state index in [9.17, 15) is 0 Å². The number of aryl methyl sites for hydroxylation is 1. The van der Waals surface area contributed by atoms with Gasteiger partial charge in [0.25, 0.3) is 0 Å². The maximum Gasteiger partial charge on any atom is 0.182 e. The Bertz CT molecular complexity index is 549. The molecule has 0 N–H and O–H groups in total. The number of hydrogen-bond acceptors (Lipinski definition) is 3. The van der Waals surface area contributed by atoms with Gasteiger partial charge in [0.05, 0.1) is 0 Å². The summed E-state index contributed by atoms with van der Waals surface area (Å²) >= 11 is 3.39. The first kappa shape index (κ1) is 10.9. The lowest BCUT2D eigenvalue weighted by Gasteiger charge is -2.22. The van der Waals surface area contributed by atoms with Gasteiger partial charge in [-0.2, -0.15) is 0 Å². The molecule has 0 bridgehead atoms. The quantitative estimate of drug-likeness (QED) is 0.759. The van der Waals surface area contributed by atoms with Crippen molar-refractivity contribution in [3.8, 4) is 11.5 Å². The third-order valence-corrected chi connectivity index (χ3v) is 3.62. The smallest absolute Gasteiger partial charge is 0.182 e. The number of pyridine rings is 1. The fourth-order valence-corrected chi connectivity index (χ4v) is 2.69. The minimum Gasteiger partial charge on any atom is -0.307 e. The van der Waals surface area contributed by atoms with E-state index >= 15 is 0 Å². The number of halogens is 1. The molecule has 4 nitrogen and oxygen atoms in total. The van der Waals surface area contributed by atoms with E-state index in [-0.39, 0.29) is 0 Å². The summed E-state index contributed by atoms with van der Waals surface area (Å²) in [5, 5.41) is 8.56. The second-order valence-corrected chi connectivity index (χ2v) is 5.21. The Hall–Kier alpha value is -1.23. The molecule has 0 aromatic carbocycles. The maximum absolute atomic E-state index is 4.45. The Morgan fingerprint density at radius 2 is 2.24 bits per heavy atom. The zero-order valence-electron chi connectivity index (χ0n) is 9.60. The van der Waals surface area contributed by atoms with E-state index in [4.69, 9.17) is 0 Å². The van der Waals surface area contributed by atoms with Crippen LogP contribution in [0.25, 0.3) is 11.5 Å². The second-order valence-electron chi connectivity index (χ2n) is 4.40. The Balaban J connectivity index is 2.13. The van der Waals surface area contributed by atoms with Crippen molar-refractivity contribution in [2.45, 2.75) is 32.2 Å². The molecule has 0 saturated heterocycles. The third-order valence-electron chi connectivity index (χ3n) is 3.17. The molecule has 0 amide bonds. The molecule has 3 rings (SSSR count). The standard InChI is InChI=1S/C12H13BrN4/c1-8-4-2-7-11-15-16-12(17(8)11)9-5-3-6-10(13)14-9/h3,5-6,8H,2,4,7H2,1H3. The molecule has 17 heavy (non-hydrogen) atoms. The van der Waals surface area contributed by atoms with Gasteiger partial charge in [-0.25, -0.2) is 4.98 Å². The van der Waals surface area contributed by atoms with E-state index in [2.05, 4.69) is 42.6 Å². The summed E-state index contributed by atoms with van der Waals surface area (Å²) in [6.45, 7) is 2.22. The van der Waals surface area contributed by atoms with Crippen molar-refractivity contribution >= 4 is 15.9 Å². The third kappa shape index (κ3) is 1.88. The highest BCUT2D eigenvalue weighted by atomic mass is 79.9. The Kier molecular flexibility index (Phi) is 2.70. The van der Waals surface area contributed by atoms with Gasteiger partial charge in [-0.05, 0) is 47.8 Å². The molecular formula is C12H13BrN4. The SMILES string of the molecule is CC1CCCc2nnc(-c3cccc(Br)n3)n21. The van der Waals surface area contributed by atoms with Gasteiger partial charge in [0.2, 0.25) is 0 Å². The topological polar surface area (TPSA) is 43.6 Å². The van der Waals surface area contributed by atoms with Crippen molar-refractivity contribution in [1.82, 2.24) is 19.7 Å². The minimum absolute atomic E-state index is 0.463. The molecule has 0 saturated carbocycles. The highest BCUT2D eigenvalue weighted by Gasteiger charge is 2.22. The molecule has 3 heterocycles. The molecule has 2 aromatic rings. The van der Waals surface area contributed by atoms with Crippen LogP contribution in [0.4, 0.5) is 0 Å². The van der Waals surface area contributed by atoms with Gasteiger partial charge in [0.15, 0.2) is 5.82 Å². The van der Waals surface area contributed by atoms with E-state index in [0.29, 0.717) is 6.04 Å². The lowest BCUT2D eigenvalue weighted by Crippen LogP contribution is -2.16. The van der Waals surface area contributed by atoms with Gasteiger partial charge in [-0.3, -0.25) is 0 Å².